The molecular weight excluding hydrogens is 396 g/mol. The SMILES string of the molecule is CN1C(=O)C2(Cc3ccccc3N3CCN(c4ccccc4)C[C@H]32)C(=O)N(C)C1=S. The van der Waals surface area contributed by atoms with Crippen molar-refractivity contribution in [2.24, 2.45) is 5.41 Å². The molecule has 3 aliphatic heterocycles. The van der Waals surface area contributed by atoms with Crippen molar-refractivity contribution >= 4 is 40.5 Å². The molecule has 0 radical (unpaired) electrons. The maximum absolute atomic E-state index is 13.7. The number of rotatable bonds is 1. The van der Waals surface area contributed by atoms with Gasteiger partial charge in [-0.3, -0.25) is 19.4 Å². The van der Waals surface area contributed by atoms with Gasteiger partial charge >= 0.3 is 0 Å². The van der Waals surface area contributed by atoms with Gasteiger partial charge in [0.2, 0.25) is 11.8 Å². The van der Waals surface area contributed by atoms with Crippen LogP contribution >= 0.6 is 12.2 Å². The first kappa shape index (κ1) is 19.1. The highest BCUT2D eigenvalue weighted by Crippen LogP contribution is 2.47. The summed E-state index contributed by atoms with van der Waals surface area (Å²) in [4.78, 5) is 34.9. The van der Waals surface area contributed by atoms with Crippen LogP contribution in [0.3, 0.4) is 0 Å². The molecule has 2 fully saturated rings. The predicted molar refractivity (Wildman–Crippen MR) is 121 cm³/mol. The topological polar surface area (TPSA) is 47.1 Å². The molecule has 0 N–H and O–H groups in total. The molecule has 3 heterocycles. The maximum Gasteiger partial charge on any atom is 0.246 e. The summed E-state index contributed by atoms with van der Waals surface area (Å²) in [7, 11) is 3.36. The lowest BCUT2D eigenvalue weighted by atomic mass is 9.67. The van der Waals surface area contributed by atoms with E-state index in [-0.39, 0.29) is 23.0 Å². The van der Waals surface area contributed by atoms with Crippen molar-refractivity contribution in [3.8, 4) is 0 Å². The van der Waals surface area contributed by atoms with Gasteiger partial charge in [-0.05, 0) is 42.4 Å². The zero-order valence-corrected chi connectivity index (χ0v) is 17.9. The zero-order valence-electron chi connectivity index (χ0n) is 17.1. The lowest BCUT2D eigenvalue weighted by molar-refractivity contribution is -0.157. The number of benzene rings is 2. The normalized spacial score (nSPS) is 23.0. The molecule has 7 heteroatoms. The number of carbonyl (C=O) groups excluding carboxylic acids is 2. The fourth-order valence-electron chi connectivity index (χ4n) is 5.25. The molecule has 0 unspecified atom stereocenters. The molecule has 154 valence electrons. The van der Waals surface area contributed by atoms with E-state index in [4.69, 9.17) is 12.2 Å². The van der Waals surface area contributed by atoms with Crippen molar-refractivity contribution in [3.63, 3.8) is 0 Å². The molecule has 1 spiro atoms. The minimum Gasteiger partial charge on any atom is -0.368 e. The number of anilines is 2. The fourth-order valence-corrected chi connectivity index (χ4v) is 5.42. The minimum absolute atomic E-state index is 0.199. The smallest absolute Gasteiger partial charge is 0.246 e. The second-order valence-electron chi connectivity index (χ2n) is 8.28. The Balaban J connectivity index is 1.65. The lowest BCUT2D eigenvalue weighted by Gasteiger charge is -2.57. The molecular formula is C23H24N4O2S. The van der Waals surface area contributed by atoms with Gasteiger partial charge < -0.3 is 9.80 Å². The number of para-hydroxylation sites is 2. The van der Waals surface area contributed by atoms with Crippen molar-refractivity contribution in [1.82, 2.24) is 9.80 Å². The van der Waals surface area contributed by atoms with Gasteiger partial charge in [-0.15, -0.1) is 0 Å². The number of fused-ring (bicyclic) bond motifs is 4. The Bertz CT molecular complexity index is 1020. The molecule has 2 amide bonds. The Morgan fingerprint density at radius 3 is 2.23 bits per heavy atom. The van der Waals surface area contributed by atoms with Crippen LogP contribution < -0.4 is 9.80 Å². The van der Waals surface area contributed by atoms with E-state index >= 15 is 0 Å². The second kappa shape index (κ2) is 6.80. The van der Waals surface area contributed by atoms with Crippen molar-refractivity contribution in [1.29, 1.82) is 0 Å². The van der Waals surface area contributed by atoms with Gasteiger partial charge in [-0.25, -0.2) is 0 Å². The van der Waals surface area contributed by atoms with E-state index in [9.17, 15) is 9.59 Å². The Kier molecular flexibility index (Phi) is 4.32. The minimum atomic E-state index is -1.19. The predicted octanol–water partition coefficient (Wildman–Crippen LogP) is 2.14. The van der Waals surface area contributed by atoms with Gasteiger partial charge in [0.25, 0.3) is 0 Å². The molecule has 6 nitrogen and oxygen atoms in total. The largest absolute Gasteiger partial charge is 0.368 e. The Morgan fingerprint density at radius 1 is 0.900 bits per heavy atom. The monoisotopic (exact) mass is 420 g/mol. The Morgan fingerprint density at radius 2 is 1.53 bits per heavy atom. The van der Waals surface area contributed by atoms with Crippen LogP contribution in [0.5, 0.6) is 0 Å². The first-order valence-electron chi connectivity index (χ1n) is 10.2. The van der Waals surface area contributed by atoms with Crippen molar-refractivity contribution in [3.05, 3.63) is 60.2 Å². The standard InChI is InChI=1S/C23H24N4O2S/c1-24-20(28)23(21(29)25(2)22(24)30)14-16-8-6-7-11-18(16)27-13-12-26(15-19(23)27)17-9-4-3-5-10-17/h3-11,19H,12-15H2,1-2H3/t19-/m0/s1. The van der Waals surface area contributed by atoms with E-state index in [2.05, 4.69) is 28.0 Å². The average Bonchev–Trinajstić information content (AvgIpc) is 2.80. The summed E-state index contributed by atoms with van der Waals surface area (Å²) < 4.78 is 0. The third kappa shape index (κ3) is 2.51. The highest BCUT2D eigenvalue weighted by atomic mass is 32.1. The molecule has 0 aromatic heterocycles. The van der Waals surface area contributed by atoms with E-state index < -0.39 is 5.41 Å². The van der Waals surface area contributed by atoms with Crippen LogP contribution in [0, 0.1) is 5.41 Å². The Labute approximate surface area is 181 Å². The summed E-state index contributed by atoms with van der Waals surface area (Å²) in [6, 6.07) is 18.1. The summed E-state index contributed by atoms with van der Waals surface area (Å²) in [6.45, 7) is 2.18. The van der Waals surface area contributed by atoms with Crippen LogP contribution in [0.15, 0.2) is 54.6 Å². The van der Waals surface area contributed by atoms with Gasteiger partial charge in [0, 0.05) is 45.1 Å². The van der Waals surface area contributed by atoms with Crippen LogP contribution in [0.4, 0.5) is 11.4 Å². The maximum atomic E-state index is 13.7. The molecule has 0 saturated carbocycles. The average molecular weight is 421 g/mol. The van der Waals surface area contributed by atoms with E-state index in [1.807, 2.05) is 36.4 Å². The van der Waals surface area contributed by atoms with Crippen molar-refractivity contribution in [2.75, 3.05) is 43.5 Å². The van der Waals surface area contributed by atoms with Gasteiger partial charge in [0.05, 0.1) is 6.04 Å². The van der Waals surface area contributed by atoms with Crippen LogP contribution in [0.25, 0.3) is 0 Å². The van der Waals surface area contributed by atoms with Gasteiger partial charge in [-0.1, -0.05) is 36.4 Å². The van der Waals surface area contributed by atoms with Crippen LogP contribution in [0.1, 0.15) is 5.56 Å². The third-order valence-corrected chi connectivity index (χ3v) is 7.34. The summed E-state index contributed by atoms with van der Waals surface area (Å²) in [5.41, 5.74) is 2.09. The van der Waals surface area contributed by atoms with Crippen LogP contribution in [-0.2, 0) is 16.0 Å². The number of hydrogen-bond donors (Lipinski definition) is 0. The zero-order chi connectivity index (χ0) is 21.0. The highest BCUT2D eigenvalue weighted by molar-refractivity contribution is 7.80. The van der Waals surface area contributed by atoms with E-state index in [1.165, 1.54) is 9.80 Å². The van der Waals surface area contributed by atoms with Gasteiger partial charge in [-0.2, -0.15) is 0 Å². The number of piperazine rings is 1. The second-order valence-corrected chi connectivity index (χ2v) is 8.64. The van der Waals surface area contributed by atoms with Crippen molar-refractivity contribution < 1.29 is 9.59 Å². The number of amides is 2. The van der Waals surface area contributed by atoms with Crippen LogP contribution in [0.2, 0.25) is 0 Å². The third-order valence-electron chi connectivity index (χ3n) is 6.79. The molecule has 0 aliphatic carbocycles. The van der Waals surface area contributed by atoms with Gasteiger partial charge in [0.1, 0.15) is 0 Å². The summed E-state index contributed by atoms with van der Waals surface area (Å²) in [5.74, 6) is -0.398. The molecule has 0 bridgehead atoms. The molecule has 2 aromatic carbocycles. The summed E-state index contributed by atoms with van der Waals surface area (Å²) in [5, 5.41) is 0.261. The first-order valence-corrected chi connectivity index (χ1v) is 10.6. The Hall–Kier alpha value is -2.93. The van der Waals surface area contributed by atoms with E-state index in [1.54, 1.807) is 14.1 Å². The summed E-state index contributed by atoms with van der Waals surface area (Å²) in [6.07, 6.45) is 0.391. The molecule has 30 heavy (non-hydrogen) atoms. The summed E-state index contributed by atoms with van der Waals surface area (Å²) >= 11 is 5.37. The molecule has 5 rings (SSSR count). The fraction of sp³-hybridized carbons (Fsp3) is 0.348. The molecule has 2 aromatic rings. The molecule has 1 atom stereocenters. The van der Waals surface area contributed by atoms with Gasteiger partial charge in [0.15, 0.2) is 10.5 Å². The number of nitrogens with zero attached hydrogens (tertiary/aromatic N) is 4. The highest BCUT2D eigenvalue weighted by Gasteiger charge is 2.63. The number of thiocarbonyl (C=S) groups is 1. The molecule has 2 saturated heterocycles. The van der Waals surface area contributed by atoms with Crippen LogP contribution in [-0.4, -0.2) is 66.5 Å². The number of hydrogen-bond acceptors (Lipinski definition) is 5. The quantitative estimate of drug-likeness (QED) is 0.523. The lowest BCUT2D eigenvalue weighted by Crippen LogP contribution is -2.74. The first-order chi connectivity index (χ1) is 14.4. The van der Waals surface area contributed by atoms with E-state index in [0.717, 1.165) is 30.0 Å². The van der Waals surface area contributed by atoms with E-state index in [0.29, 0.717) is 13.0 Å². The van der Waals surface area contributed by atoms with Crippen molar-refractivity contribution in [2.45, 2.75) is 12.5 Å². The number of carbonyl (C=O) groups is 2. The molecule has 3 aliphatic rings.